The van der Waals surface area contributed by atoms with Crippen LogP contribution >= 0.6 is 0 Å². The molecule has 0 radical (unpaired) electrons. The first-order valence-electron chi connectivity index (χ1n) is 9.89. The second-order valence-electron chi connectivity index (χ2n) is 7.38. The zero-order chi connectivity index (χ0) is 22.8. The Bertz CT molecular complexity index is 1050. The Morgan fingerprint density at radius 3 is 1.94 bits per heavy atom. The van der Waals surface area contributed by atoms with E-state index in [1.165, 1.54) is 25.6 Å². The van der Waals surface area contributed by atoms with Crippen molar-refractivity contribution >= 4 is 15.9 Å². The number of amides is 1. The minimum Gasteiger partial charge on any atom is -0.493 e. The minimum absolute atomic E-state index is 0.220. The van der Waals surface area contributed by atoms with Gasteiger partial charge in [-0.15, -0.1) is 0 Å². The van der Waals surface area contributed by atoms with Crippen molar-refractivity contribution in [3.05, 3.63) is 47.0 Å². The Balaban J connectivity index is 1.77. The van der Waals surface area contributed by atoms with Crippen molar-refractivity contribution in [2.24, 2.45) is 0 Å². The number of carbonyl (C=O) groups is 1. The fourth-order valence-corrected chi connectivity index (χ4v) is 5.37. The third kappa shape index (κ3) is 4.47. The number of hydrogen-bond acceptors (Lipinski definition) is 6. The van der Waals surface area contributed by atoms with E-state index >= 15 is 0 Å². The van der Waals surface area contributed by atoms with Crippen LogP contribution in [-0.2, 0) is 10.0 Å². The molecule has 1 aliphatic heterocycles. The molecule has 0 unspecified atom stereocenters. The first kappa shape index (κ1) is 22.9. The minimum atomic E-state index is -3.61. The lowest BCUT2D eigenvalue weighted by atomic mass is 10.1. The van der Waals surface area contributed by atoms with Gasteiger partial charge in [0.15, 0.2) is 11.5 Å². The molecule has 2 aromatic carbocycles. The van der Waals surface area contributed by atoms with Gasteiger partial charge in [-0.1, -0.05) is 17.7 Å². The zero-order valence-electron chi connectivity index (χ0n) is 18.5. The highest BCUT2D eigenvalue weighted by atomic mass is 32.2. The van der Waals surface area contributed by atoms with Gasteiger partial charge in [-0.3, -0.25) is 4.79 Å². The average molecular weight is 449 g/mol. The number of rotatable bonds is 6. The first-order chi connectivity index (χ1) is 14.7. The van der Waals surface area contributed by atoms with E-state index in [9.17, 15) is 13.2 Å². The Hall–Kier alpha value is -2.78. The van der Waals surface area contributed by atoms with Crippen molar-refractivity contribution in [1.82, 2.24) is 9.21 Å². The van der Waals surface area contributed by atoms with Crippen LogP contribution in [0.1, 0.15) is 21.5 Å². The second kappa shape index (κ2) is 9.15. The number of piperazine rings is 1. The highest BCUT2D eigenvalue weighted by Crippen LogP contribution is 2.38. The van der Waals surface area contributed by atoms with Crippen LogP contribution < -0.4 is 14.2 Å². The maximum atomic E-state index is 13.1. The van der Waals surface area contributed by atoms with Crippen molar-refractivity contribution in [2.45, 2.75) is 18.7 Å². The van der Waals surface area contributed by atoms with E-state index < -0.39 is 10.0 Å². The van der Waals surface area contributed by atoms with Gasteiger partial charge in [-0.25, -0.2) is 8.42 Å². The predicted octanol–water partition coefficient (Wildman–Crippen LogP) is 2.48. The summed E-state index contributed by atoms with van der Waals surface area (Å²) in [6, 6.07) is 8.50. The number of sulfonamides is 1. The number of nitrogens with zero attached hydrogens (tertiary/aromatic N) is 2. The summed E-state index contributed by atoms with van der Waals surface area (Å²) in [5, 5.41) is 0. The van der Waals surface area contributed by atoms with Crippen LogP contribution in [0.5, 0.6) is 17.2 Å². The highest BCUT2D eigenvalue weighted by molar-refractivity contribution is 7.89. The fourth-order valence-electron chi connectivity index (χ4n) is 3.75. The van der Waals surface area contributed by atoms with Crippen LogP contribution in [0, 0.1) is 13.8 Å². The summed E-state index contributed by atoms with van der Waals surface area (Å²) in [6.45, 7) is 4.76. The molecule has 0 aliphatic carbocycles. The van der Waals surface area contributed by atoms with Crippen molar-refractivity contribution in [1.29, 1.82) is 0 Å². The molecule has 0 aromatic heterocycles. The molecule has 1 saturated heterocycles. The molecule has 1 amide bonds. The molecule has 8 nitrogen and oxygen atoms in total. The number of ether oxygens (including phenoxy) is 3. The van der Waals surface area contributed by atoms with Gasteiger partial charge in [0.05, 0.1) is 26.2 Å². The Kier molecular flexibility index (Phi) is 6.76. The van der Waals surface area contributed by atoms with Gasteiger partial charge in [0.1, 0.15) is 0 Å². The maximum Gasteiger partial charge on any atom is 0.254 e. The van der Waals surface area contributed by atoms with Gasteiger partial charge in [-0.05, 0) is 37.6 Å². The first-order valence-corrected chi connectivity index (χ1v) is 11.3. The van der Waals surface area contributed by atoms with Gasteiger partial charge in [0, 0.05) is 31.7 Å². The number of methoxy groups -OCH3 is 3. The third-order valence-corrected chi connectivity index (χ3v) is 7.44. The molecule has 1 heterocycles. The predicted molar refractivity (Wildman–Crippen MR) is 117 cm³/mol. The summed E-state index contributed by atoms with van der Waals surface area (Å²) >= 11 is 0. The largest absolute Gasteiger partial charge is 0.493 e. The number of carbonyl (C=O) groups excluding carboxylic acids is 1. The summed E-state index contributed by atoms with van der Waals surface area (Å²) in [7, 11) is 0.859. The second-order valence-corrected chi connectivity index (χ2v) is 9.29. The zero-order valence-corrected chi connectivity index (χ0v) is 19.3. The topological polar surface area (TPSA) is 85.4 Å². The Morgan fingerprint density at radius 2 is 1.45 bits per heavy atom. The van der Waals surface area contributed by atoms with Crippen LogP contribution in [0.25, 0.3) is 0 Å². The Morgan fingerprint density at radius 1 is 0.871 bits per heavy atom. The van der Waals surface area contributed by atoms with Crippen LogP contribution in [0.2, 0.25) is 0 Å². The molecule has 1 aliphatic rings. The van der Waals surface area contributed by atoms with E-state index in [1.807, 2.05) is 13.0 Å². The average Bonchev–Trinajstić information content (AvgIpc) is 2.77. The summed E-state index contributed by atoms with van der Waals surface area (Å²) < 4.78 is 43.5. The molecule has 168 valence electrons. The molecule has 1 fully saturated rings. The van der Waals surface area contributed by atoms with E-state index in [2.05, 4.69) is 0 Å². The molecule has 3 rings (SSSR count). The Labute approximate surface area is 183 Å². The smallest absolute Gasteiger partial charge is 0.254 e. The van der Waals surface area contributed by atoms with Crippen molar-refractivity contribution < 1.29 is 27.4 Å². The van der Waals surface area contributed by atoms with Crippen LogP contribution in [0.3, 0.4) is 0 Å². The lowest BCUT2D eigenvalue weighted by Gasteiger charge is -2.34. The molecule has 0 atom stereocenters. The number of aryl methyl sites for hydroxylation is 2. The van der Waals surface area contributed by atoms with Gasteiger partial charge in [0.2, 0.25) is 15.8 Å². The molecule has 9 heteroatoms. The van der Waals surface area contributed by atoms with E-state index in [0.717, 1.165) is 11.1 Å². The number of hydrogen-bond donors (Lipinski definition) is 0. The van der Waals surface area contributed by atoms with Crippen LogP contribution in [-0.4, -0.2) is 71.0 Å². The lowest BCUT2D eigenvalue weighted by molar-refractivity contribution is 0.0697. The summed E-state index contributed by atoms with van der Waals surface area (Å²) in [5.74, 6) is 0.969. The van der Waals surface area contributed by atoms with Crippen molar-refractivity contribution in [2.75, 3.05) is 47.5 Å². The van der Waals surface area contributed by atoms with Crippen molar-refractivity contribution in [3.8, 4) is 17.2 Å². The quantitative estimate of drug-likeness (QED) is 0.675. The molecule has 0 bridgehead atoms. The molecule has 31 heavy (non-hydrogen) atoms. The van der Waals surface area contributed by atoms with Gasteiger partial charge < -0.3 is 19.1 Å². The normalized spacial score (nSPS) is 14.9. The van der Waals surface area contributed by atoms with Gasteiger partial charge in [-0.2, -0.15) is 4.31 Å². The summed E-state index contributed by atoms with van der Waals surface area (Å²) in [4.78, 5) is 15.0. The monoisotopic (exact) mass is 448 g/mol. The van der Waals surface area contributed by atoms with Crippen LogP contribution in [0.15, 0.2) is 35.2 Å². The summed E-state index contributed by atoms with van der Waals surface area (Å²) in [5.41, 5.74) is 2.12. The molecule has 2 aromatic rings. The van der Waals surface area contributed by atoms with Gasteiger partial charge in [0.25, 0.3) is 5.91 Å². The van der Waals surface area contributed by atoms with Crippen molar-refractivity contribution in [3.63, 3.8) is 0 Å². The maximum absolute atomic E-state index is 13.1. The van der Waals surface area contributed by atoms with E-state index in [1.54, 1.807) is 36.1 Å². The molecular weight excluding hydrogens is 420 g/mol. The van der Waals surface area contributed by atoms with Crippen LogP contribution in [0.4, 0.5) is 0 Å². The molecule has 0 spiro atoms. The lowest BCUT2D eigenvalue weighted by Crippen LogP contribution is -2.50. The number of benzene rings is 2. The molecule has 0 saturated carbocycles. The van der Waals surface area contributed by atoms with E-state index in [-0.39, 0.29) is 19.0 Å². The molecule has 0 N–H and O–H groups in total. The highest BCUT2D eigenvalue weighted by Gasteiger charge is 2.32. The third-order valence-electron chi connectivity index (χ3n) is 5.39. The standard InChI is InChI=1S/C22H28N2O6S/c1-15-6-7-20(16(2)12-15)31(26,27)24-10-8-23(9-11-24)22(25)17-13-18(28-3)21(30-5)19(14-17)29-4/h6-7,12-14H,8-11H2,1-5H3. The van der Waals surface area contributed by atoms with E-state index in [0.29, 0.717) is 40.8 Å². The SMILES string of the molecule is COc1cc(C(=O)N2CCN(S(=O)(=O)c3ccc(C)cc3C)CC2)cc(OC)c1OC. The van der Waals surface area contributed by atoms with Gasteiger partial charge >= 0.3 is 0 Å². The van der Waals surface area contributed by atoms with E-state index in [4.69, 9.17) is 14.2 Å². The fraction of sp³-hybridized carbons (Fsp3) is 0.409. The molecular formula is C22H28N2O6S. The summed E-state index contributed by atoms with van der Waals surface area (Å²) in [6.07, 6.45) is 0.